The van der Waals surface area contributed by atoms with E-state index < -0.39 is 29.8 Å². The highest BCUT2D eigenvalue weighted by atomic mass is 19.1. The van der Waals surface area contributed by atoms with E-state index in [-0.39, 0.29) is 18.8 Å². The van der Waals surface area contributed by atoms with Crippen LogP contribution in [0.4, 0.5) is 14.9 Å². The van der Waals surface area contributed by atoms with E-state index in [0.29, 0.717) is 17.7 Å². The molecule has 1 aromatic rings. The minimum atomic E-state index is -2.33. The van der Waals surface area contributed by atoms with Gasteiger partial charge in [0.15, 0.2) is 5.82 Å². The molecule has 160 valence electrons. The van der Waals surface area contributed by atoms with E-state index in [9.17, 15) is 9.59 Å². The van der Waals surface area contributed by atoms with Crippen LogP contribution in [0, 0.1) is 16.9 Å². The Balaban J connectivity index is 2.05. The zero-order valence-electron chi connectivity index (χ0n) is 17.2. The van der Waals surface area contributed by atoms with Crippen molar-refractivity contribution < 1.29 is 18.7 Å². The van der Waals surface area contributed by atoms with Gasteiger partial charge < -0.3 is 20.3 Å². The normalized spacial score (nSPS) is 19.4. The number of anilines is 1. The number of halogens is 1. The number of nitriles is 1. The van der Waals surface area contributed by atoms with Gasteiger partial charge in [-0.15, -0.1) is 5.11 Å². The molecule has 1 atom stereocenters. The maximum atomic E-state index is 15.3. The summed E-state index contributed by atoms with van der Waals surface area (Å²) in [6.45, 7) is 4.95. The number of nitrogens with zero attached hydrogens (tertiary/aromatic N) is 3. The Kier molecular flexibility index (Phi) is 7.10. The number of carbonyl (C=O) groups is 2. The van der Waals surface area contributed by atoms with E-state index in [1.807, 2.05) is 6.07 Å². The monoisotopic (exact) mass is 416 g/mol. The first-order valence-corrected chi connectivity index (χ1v) is 9.39. The highest BCUT2D eigenvalue weighted by Crippen LogP contribution is 2.27. The molecule has 30 heavy (non-hydrogen) atoms. The standard InChI is InChI=1S/C20H25FN6O3/c1-19(2,3)30-18(29)27-9-5-8-20(21,13-27)17(28)25-16(26-23)12-24-15-7-4-6-14(10-15)11-22/h4,6-7,10,12,23-24H,5,8-9,13H2,1-3H3,(H,25,28)/b16-12-,26-23?. The number of nitrogens with one attached hydrogen (secondary N) is 3. The predicted molar refractivity (Wildman–Crippen MR) is 107 cm³/mol. The number of ether oxygens (including phenoxy) is 1. The summed E-state index contributed by atoms with van der Waals surface area (Å²) in [6.07, 6.45) is 0.761. The summed E-state index contributed by atoms with van der Waals surface area (Å²) in [4.78, 5) is 25.9. The first-order chi connectivity index (χ1) is 14.1. The molecule has 0 spiro atoms. The van der Waals surface area contributed by atoms with Crippen molar-refractivity contribution in [3.05, 3.63) is 41.8 Å². The molecule has 2 amide bonds. The molecule has 1 saturated heterocycles. The number of hydrogen-bond donors (Lipinski definition) is 3. The second kappa shape index (κ2) is 9.35. The van der Waals surface area contributed by atoms with Crippen LogP contribution in [-0.2, 0) is 9.53 Å². The van der Waals surface area contributed by atoms with E-state index in [4.69, 9.17) is 15.5 Å². The highest BCUT2D eigenvalue weighted by molar-refractivity contribution is 5.87. The summed E-state index contributed by atoms with van der Waals surface area (Å²) in [7, 11) is 0. The molecule has 0 saturated carbocycles. The second-order valence-electron chi connectivity index (χ2n) is 7.90. The van der Waals surface area contributed by atoms with Crippen LogP contribution in [0.3, 0.4) is 0 Å². The van der Waals surface area contributed by atoms with Crippen molar-refractivity contribution in [1.29, 1.82) is 10.8 Å². The molecule has 1 aromatic carbocycles. The molecule has 1 aliphatic rings. The number of piperidine rings is 1. The Labute approximate surface area is 174 Å². The zero-order valence-corrected chi connectivity index (χ0v) is 17.2. The Morgan fingerprint density at radius 3 is 2.80 bits per heavy atom. The Morgan fingerprint density at radius 1 is 1.43 bits per heavy atom. The summed E-state index contributed by atoms with van der Waals surface area (Å²) in [5, 5.41) is 17.2. The summed E-state index contributed by atoms with van der Waals surface area (Å²) >= 11 is 0. The maximum Gasteiger partial charge on any atom is 0.410 e. The molecule has 0 aromatic heterocycles. The van der Waals surface area contributed by atoms with Gasteiger partial charge in [0.25, 0.3) is 5.91 Å². The number of benzene rings is 1. The van der Waals surface area contributed by atoms with Crippen LogP contribution in [0.2, 0.25) is 0 Å². The summed E-state index contributed by atoms with van der Waals surface area (Å²) in [5.41, 5.74) is 5.12. The molecule has 2 rings (SSSR count). The van der Waals surface area contributed by atoms with Crippen LogP contribution in [0.5, 0.6) is 0 Å². The van der Waals surface area contributed by atoms with Crippen LogP contribution in [0.25, 0.3) is 0 Å². The van der Waals surface area contributed by atoms with Gasteiger partial charge in [0.2, 0.25) is 5.67 Å². The van der Waals surface area contributed by atoms with Crippen molar-refractivity contribution in [1.82, 2.24) is 10.2 Å². The fourth-order valence-electron chi connectivity index (χ4n) is 2.83. The topological polar surface area (TPSA) is 131 Å². The lowest BCUT2D eigenvalue weighted by atomic mass is 9.94. The van der Waals surface area contributed by atoms with Crippen molar-refractivity contribution in [3.8, 4) is 6.07 Å². The molecule has 0 aliphatic carbocycles. The average molecular weight is 416 g/mol. The summed E-state index contributed by atoms with van der Waals surface area (Å²) < 4.78 is 20.6. The first kappa shape index (κ1) is 22.8. The smallest absolute Gasteiger partial charge is 0.410 e. The first-order valence-electron chi connectivity index (χ1n) is 9.39. The van der Waals surface area contributed by atoms with E-state index in [1.165, 1.54) is 11.1 Å². The van der Waals surface area contributed by atoms with Gasteiger partial charge in [-0.3, -0.25) is 4.79 Å². The number of carbonyl (C=O) groups excluding carboxylic acids is 2. The van der Waals surface area contributed by atoms with Crippen molar-refractivity contribution in [2.24, 2.45) is 5.11 Å². The third-order valence-electron chi connectivity index (χ3n) is 4.23. The molecule has 10 heteroatoms. The van der Waals surface area contributed by atoms with Crippen LogP contribution in [0.15, 0.2) is 41.4 Å². The predicted octanol–water partition coefficient (Wildman–Crippen LogP) is 3.66. The number of amides is 2. The molecule has 0 bridgehead atoms. The van der Waals surface area contributed by atoms with Gasteiger partial charge in [0.1, 0.15) is 5.60 Å². The summed E-state index contributed by atoms with van der Waals surface area (Å²) in [6, 6.07) is 8.52. The van der Waals surface area contributed by atoms with Gasteiger partial charge in [-0.25, -0.2) is 14.7 Å². The van der Waals surface area contributed by atoms with E-state index >= 15 is 4.39 Å². The molecule has 0 radical (unpaired) electrons. The maximum absolute atomic E-state index is 15.3. The molecule has 1 heterocycles. The van der Waals surface area contributed by atoms with Crippen molar-refractivity contribution >= 4 is 17.7 Å². The molecular weight excluding hydrogens is 391 g/mol. The Morgan fingerprint density at radius 2 is 2.17 bits per heavy atom. The van der Waals surface area contributed by atoms with Gasteiger partial charge in [0, 0.05) is 18.4 Å². The number of rotatable bonds is 5. The second-order valence-corrected chi connectivity index (χ2v) is 7.90. The van der Waals surface area contributed by atoms with E-state index in [2.05, 4.69) is 15.7 Å². The minimum Gasteiger partial charge on any atom is -0.444 e. The average Bonchev–Trinajstić information content (AvgIpc) is 2.69. The molecule has 3 N–H and O–H groups in total. The molecule has 1 aliphatic heterocycles. The van der Waals surface area contributed by atoms with Crippen LogP contribution >= 0.6 is 0 Å². The Hall–Kier alpha value is -3.48. The van der Waals surface area contributed by atoms with Gasteiger partial charge in [-0.1, -0.05) is 6.07 Å². The van der Waals surface area contributed by atoms with Crippen LogP contribution in [-0.4, -0.2) is 41.3 Å². The van der Waals surface area contributed by atoms with E-state index in [1.54, 1.807) is 45.0 Å². The lowest BCUT2D eigenvalue weighted by Crippen LogP contribution is -2.56. The SMILES string of the molecule is CC(C)(C)OC(=O)N1CCCC(F)(C(=O)N/C(=C/Nc2cccc(C#N)c2)N=N)C1. The zero-order chi connectivity index (χ0) is 22.4. The van der Waals surface area contributed by atoms with Gasteiger partial charge >= 0.3 is 6.09 Å². The summed E-state index contributed by atoms with van der Waals surface area (Å²) in [5.74, 6) is -1.21. The fraction of sp³-hybridized carbons (Fsp3) is 0.450. The van der Waals surface area contributed by atoms with Crippen molar-refractivity contribution in [2.45, 2.75) is 44.9 Å². The third kappa shape index (κ3) is 6.27. The molecule has 9 nitrogen and oxygen atoms in total. The molecular formula is C20H25FN6O3. The van der Waals surface area contributed by atoms with Gasteiger partial charge in [-0.05, 0) is 51.8 Å². The van der Waals surface area contributed by atoms with E-state index in [0.717, 1.165) is 0 Å². The van der Waals surface area contributed by atoms with Gasteiger partial charge in [-0.2, -0.15) is 5.26 Å². The van der Waals surface area contributed by atoms with Crippen LogP contribution in [0.1, 0.15) is 39.2 Å². The largest absolute Gasteiger partial charge is 0.444 e. The van der Waals surface area contributed by atoms with Gasteiger partial charge in [0.05, 0.1) is 18.2 Å². The fourth-order valence-corrected chi connectivity index (χ4v) is 2.83. The minimum absolute atomic E-state index is 0.0684. The highest BCUT2D eigenvalue weighted by Gasteiger charge is 2.45. The lowest BCUT2D eigenvalue weighted by Gasteiger charge is -2.36. The molecule has 1 unspecified atom stereocenters. The lowest BCUT2D eigenvalue weighted by molar-refractivity contribution is -0.135. The molecule has 1 fully saturated rings. The Bertz CT molecular complexity index is 889. The van der Waals surface area contributed by atoms with Crippen molar-refractivity contribution in [2.75, 3.05) is 18.4 Å². The quantitative estimate of drug-likeness (QED) is 0.631. The van der Waals surface area contributed by atoms with Crippen molar-refractivity contribution in [3.63, 3.8) is 0 Å². The number of likely N-dealkylation sites (tertiary alicyclic amines) is 1. The number of hydrogen-bond acceptors (Lipinski definition) is 7. The third-order valence-corrected chi connectivity index (χ3v) is 4.23. The number of alkyl halides is 1. The van der Waals surface area contributed by atoms with Crippen LogP contribution < -0.4 is 10.6 Å².